The molecule has 0 unspecified atom stereocenters. The van der Waals surface area contributed by atoms with Crippen molar-refractivity contribution in [2.45, 2.75) is 95.0 Å². The molecule has 2 aromatic carbocycles. The van der Waals surface area contributed by atoms with Gasteiger partial charge in [-0.2, -0.15) is 0 Å². The van der Waals surface area contributed by atoms with E-state index in [2.05, 4.69) is 20.6 Å². The number of aromatic hydroxyl groups is 1. The number of nitrogens with zero attached hydrogens (tertiary/aromatic N) is 9. The van der Waals surface area contributed by atoms with Gasteiger partial charge in [0.1, 0.15) is 76.7 Å². The third-order valence-corrected chi connectivity index (χ3v) is 21.2. The number of ketones is 1. The number of rotatable bonds is 16. The van der Waals surface area contributed by atoms with Gasteiger partial charge in [-0.15, -0.1) is 68.0 Å². The van der Waals surface area contributed by atoms with Gasteiger partial charge in [0.25, 0.3) is 17.7 Å². The molecule has 9 heterocycles. The van der Waals surface area contributed by atoms with E-state index >= 15 is 4.79 Å². The number of phenols is 1. The number of thiazole rings is 6. The second kappa shape index (κ2) is 28.5. The molecule has 25 nitrogen and oxygen atoms in total. The number of Topliss-reactive ketones (excluding diaryl/α,β-unsaturated/α-hetero) is 1. The van der Waals surface area contributed by atoms with Gasteiger partial charge in [0.05, 0.1) is 41.4 Å². The predicted octanol–water partition coefficient (Wildman–Crippen LogP) is 8.35. The highest BCUT2D eigenvalue weighted by Gasteiger charge is 2.46. The number of nitrogens with two attached hydrogens (primary N) is 1. The van der Waals surface area contributed by atoms with Gasteiger partial charge in [-0.3, -0.25) is 38.4 Å². The Hall–Kier alpha value is -8.95. The summed E-state index contributed by atoms with van der Waals surface area (Å²) in [7, 11) is 0. The van der Waals surface area contributed by atoms with Gasteiger partial charge >= 0.3 is 11.9 Å². The van der Waals surface area contributed by atoms with Crippen LogP contribution < -0.4 is 16.4 Å². The number of carboxylic acids is 2. The molecule has 7 aromatic heterocycles. The molecule has 9 aromatic rings. The maximum absolute atomic E-state index is 15.2. The number of aryl methyl sites for hydroxylation is 1. The van der Waals surface area contributed by atoms with Gasteiger partial charge < -0.3 is 51.7 Å². The molecule has 93 heavy (non-hydrogen) atoms. The summed E-state index contributed by atoms with van der Waals surface area (Å²) >= 11 is 6.79. The molecule has 7 atom stereocenters. The van der Waals surface area contributed by atoms with Crippen molar-refractivity contribution in [3.05, 3.63) is 147 Å². The highest BCUT2D eigenvalue weighted by molar-refractivity contribution is 7.15. The van der Waals surface area contributed by atoms with Crippen LogP contribution in [-0.4, -0.2) is 149 Å². The summed E-state index contributed by atoms with van der Waals surface area (Å²) in [6.45, 7) is 3.44. The van der Waals surface area contributed by atoms with Crippen molar-refractivity contribution >= 4 is 115 Å². The number of phenolic OH excluding ortho intramolecular Hbond substituents is 1. The second-order valence-corrected chi connectivity index (χ2v) is 27.7. The van der Waals surface area contributed by atoms with E-state index in [1.165, 1.54) is 60.7 Å². The Labute approximate surface area is 553 Å². The number of carbonyl (C=O) groups excluding carboxylic acids is 6. The fourth-order valence-corrected chi connectivity index (χ4v) is 16.2. The summed E-state index contributed by atoms with van der Waals surface area (Å²) in [6, 6.07) is 15.0. The third-order valence-electron chi connectivity index (χ3n) is 15.6. The number of aromatic nitrogens is 7. The molecule has 2 aliphatic rings. The molecule has 31 heteroatoms. The van der Waals surface area contributed by atoms with Crippen molar-refractivity contribution in [2.75, 3.05) is 19.6 Å². The number of nitrogens with one attached hydrogen (secondary N) is 2. The summed E-state index contributed by atoms with van der Waals surface area (Å²) in [5.74, 6) is -7.52. The molecule has 9 N–H and O–H groups in total. The van der Waals surface area contributed by atoms with Crippen molar-refractivity contribution in [3.8, 4) is 49.1 Å². The summed E-state index contributed by atoms with van der Waals surface area (Å²) < 4.78 is 0. The molecule has 1 fully saturated rings. The summed E-state index contributed by atoms with van der Waals surface area (Å²) in [5.41, 5.74) is 8.47. The molecule has 10 bridgehead atoms. The molecule has 0 saturated carbocycles. The van der Waals surface area contributed by atoms with E-state index in [4.69, 9.17) is 30.7 Å². The smallest absolute Gasteiger partial charge is 0.303 e. The first kappa shape index (κ1) is 65.5. The fourth-order valence-electron chi connectivity index (χ4n) is 10.9. The largest absolute Gasteiger partial charge is 0.508 e. The van der Waals surface area contributed by atoms with Crippen LogP contribution in [0.5, 0.6) is 5.75 Å². The van der Waals surface area contributed by atoms with Gasteiger partial charge in [0.2, 0.25) is 11.8 Å². The third kappa shape index (κ3) is 14.9. The molecule has 0 spiro atoms. The number of aliphatic carboxylic acids is 2. The van der Waals surface area contributed by atoms with Crippen LogP contribution in [0.15, 0.2) is 93.6 Å². The number of amides is 5. The molecule has 11 rings (SSSR count). The van der Waals surface area contributed by atoms with E-state index < -0.39 is 95.8 Å². The lowest BCUT2D eigenvalue weighted by Gasteiger charge is -2.29. The Balaban J connectivity index is 0.995. The normalized spacial score (nSPS) is 18.9. The SMILES string of the molecule is Cc1sc2nc1C(=O)C[C@@H]([C@H](O)c1ccccc1)c1nc(cs1)C(=O)N[C@@H](Cc1ccc(O)cc1)C(=O)N1C[C@H](O)[C@H](C)[C@H]1c1nc(cs1)-c1nc(cs1)-c1nc(-c3nc(C(=O)N(CCCC(=O)O)CCCC(=O)O)cs3)ccc1-c1nc(cs1)C(=O)N[C@H]2CC(N)=O. The van der Waals surface area contributed by atoms with Gasteiger partial charge in [-0.25, -0.2) is 34.9 Å². The van der Waals surface area contributed by atoms with Crippen LogP contribution in [0.4, 0.5) is 0 Å². The lowest BCUT2D eigenvalue weighted by Crippen LogP contribution is -2.50. The molecular formula is C62H58N12O13S6. The van der Waals surface area contributed by atoms with Gasteiger partial charge in [-0.1, -0.05) is 49.4 Å². The minimum atomic E-state index is -1.32. The molecule has 1 saturated heterocycles. The van der Waals surface area contributed by atoms with Crippen molar-refractivity contribution in [2.24, 2.45) is 11.7 Å². The first-order valence-electron chi connectivity index (χ1n) is 29.1. The van der Waals surface area contributed by atoms with Crippen LogP contribution >= 0.6 is 68.0 Å². The lowest BCUT2D eigenvalue weighted by molar-refractivity contribution is -0.138. The monoisotopic (exact) mass is 1370 g/mol. The van der Waals surface area contributed by atoms with E-state index in [-0.39, 0.29) is 102 Å². The topological polar surface area (TPSA) is 384 Å². The van der Waals surface area contributed by atoms with Crippen LogP contribution in [0.2, 0.25) is 0 Å². The average Bonchev–Trinajstić information content (AvgIpc) is 1.68. The number of carbonyl (C=O) groups is 8. The number of fused-ring (bicyclic) bond motifs is 16. The Morgan fingerprint density at radius 3 is 2.00 bits per heavy atom. The quantitative estimate of drug-likeness (QED) is 0.0450. The standard InChI is InChI=1S/C62H58N12O13S6/c1-29-45(77)23-74-51(29)60-70-42(27-92-60)58-67-39(24-90-58)50-34(16-17-36(64-50)57-71-43(28-91-57)61(86)73(18-6-10-47(79)80)19-7-11-48(81)82)55-68-40(25-88-55)53(84)65-37(22-46(63)78)59-72-49(30(2)93-59)44(76)21-35(52(83)32-8-4-3-5-9-32)56-69-41(26-89-56)54(85)66-38(62(74)87)20-31-12-14-33(75)15-13-31/h3-5,8-9,12-17,24-29,35,37-38,45,51-52,75,77,83H,6-7,10-11,18-23H2,1-2H3,(H2,63,78)(H,65,84)(H,66,85)(H,79,80)(H,81,82)/t29-,35-,37-,38-,45-,51-,52+/m0/s1. The number of hydrogen-bond donors (Lipinski definition) is 8. The number of carboxylic acid groups (broad SMARTS) is 2. The van der Waals surface area contributed by atoms with Crippen LogP contribution in [0.3, 0.4) is 0 Å². The van der Waals surface area contributed by atoms with E-state index in [0.29, 0.717) is 58.7 Å². The number of aliphatic hydroxyl groups excluding tert-OH is 2. The molecule has 2 aliphatic heterocycles. The molecule has 0 aliphatic carbocycles. The summed E-state index contributed by atoms with van der Waals surface area (Å²) in [5, 5.41) is 68.1. The predicted molar refractivity (Wildman–Crippen MR) is 347 cm³/mol. The van der Waals surface area contributed by atoms with E-state index in [1.54, 1.807) is 79.2 Å². The zero-order valence-corrected chi connectivity index (χ0v) is 54.3. The zero-order valence-electron chi connectivity index (χ0n) is 49.4. The van der Waals surface area contributed by atoms with Crippen LogP contribution in [-0.2, 0) is 25.6 Å². The Morgan fingerprint density at radius 1 is 0.677 bits per heavy atom. The molecule has 5 amide bonds. The average molecular weight is 1370 g/mol. The Kier molecular flexibility index (Phi) is 20.1. The van der Waals surface area contributed by atoms with Crippen LogP contribution in [0, 0.1) is 12.8 Å². The van der Waals surface area contributed by atoms with Gasteiger partial charge in [0.15, 0.2) is 5.78 Å². The minimum absolute atomic E-state index is 0.000275. The maximum Gasteiger partial charge on any atom is 0.303 e. The minimum Gasteiger partial charge on any atom is -0.508 e. The lowest BCUT2D eigenvalue weighted by atomic mass is 9.90. The second-order valence-electron chi connectivity index (χ2n) is 22.1. The van der Waals surface area contributed by atoms with Gasteiger partial charge in [0, 0.05) is 94.5 Å². The van der Waals surface area contributed by atoms with E-state index in [9.17, 15) is 59.1 Å². The van der Waals surface area contributed by atoms with Crippen LogP contribution in [0.1, 0.15) is 143 Å². The van der Waals surface area contributed by atoms with Crippen LogP contribution in [0.25, 0.3) is 43.4 Å². The molecule has 480 valence electrons. The van der Waals surface area contributed by atoms with Crippen molar-refractivity contribution in [1.29, 1.82) is 0 Å². The number of primary amides is 1. The van der Waals surface area contributed by atoms with Crippen molar-refractivity contribution in [1.82, 2.24) is 55.3 Å². The van der Waals surface area contributed by atoms with E-state index in [0.717, 1.165) is 45.3 Å². The zero-order chi connectivity index (χ0) is 65.8. The Bertz CT molecular complexity index is 4280. The molecule has 0 radical (unpaired) electrons. The number of pyridine rings is 1. The highest BCUT2D eigenvalue weighted by Crippen LogP contribution is 2.43. The summed E-state index contributed by atoms with van der Waals surface area (Å²) in [6.07, 6.45) is -3.31. The van der Waals surface area contributed by atoms with E-state index in [1.807, 2.05) is 0 Å². The highest BCUT2D eigenvalue weighted by atomic mass is 32.1. The number of benzene rings is 2. The number of aliphatic hydroxyl groups is 2. The van der Waals surface area contributed by atoms with Crippen molar-refractivity contribution in [3.63, 3.8) is 0 Å². The van der Waals surface area contributed by atoms with Crippen molar-refractivity contribution < 1.29 is 63.9 Å². The first-order chi connectivity index (χ1) is 44.7. The first-order valence-corrected chi connectivity index (χ1v) is 34.3. The maximum atomic E-state index is 15.2. The number of hydrogen-bond acceptors (Lipinski definition) is 24. The summed E-state index contributed by atoms with van der Waals surface area (Å²) in [4.78, 5) is 145. The van der Waals surface area contributed by atoms with Gasteiger partial charge in [-0.05, 0) is 55.2 Å². The Morgan fingerprint density at radius 2 is 1.29 bits per heavy atom. The molecular weight excluding hydrogens is 1310 g/mol. The fraction of sp³-hybridized carbons (Fsp3) is 0.306.